The molecule has 2 aromatic rings. The van der Waals surface area contributed by atoms with Crippen molar-refractivity contribution in [3.63, 3.8) is 0 Å². The van der Waals surface area contributed by atoms with Gasteiger partial charge in [-0.3, -0.25) is 9.59 Å². The number of methoxy groups -OCH3 is 1. The number of nitrogens with zero attached hydrogens (tertiary/aromatic N) is 1. The van der Waals surface area contributed by atoms with Crippen molar-refractivity contribution in [3.8, 4) is 5.75 Å². The quantitative estimate of drug-likeness (QED) is 0.618. The maximum absolute atomic E-state index is 13.2. The van der Waals surface area contributed by atoms with Gasteiger partial charge in [0.25, 0.3) is 5.91 Å². The molecule has 0 bridgehead atoms. The minimum absolute atomic E-state index is 0.0653. The SMILES string of the molecule is COc1ccc(C2CCC(N(C(=O)CNC(=O)c3cccc(C(F)(F)F)c3)C3CNC3)CC2)cc1. The van der Waals surface area contributed by atoms with Crippen molar-refractivity contribution in [2.45, 2.75) is 49.9 Å². The lowest BCUT2D eigenvalue weighted by molar-refractivity contribution is -0.138. The lowest BCUT2D eigenvalue weighted by Crippen LogP contribution is -2.63. The molecule has 1 aliphatic heterocycles. The Kier molecular flexibility index (Phi) is 7.64. The van der Waals surface area contributed by atoms with Crippen molar-refractivity contribution in [3.05, 3.63) is 65.2 Å². The normalized spacial score (nSPS) is 20.6. The van der Waals surface area contributed by atoms with Gasteiger partial charge < -0.3 is 20.3 Å². The van der Waals surface area contributed by atoms with E-state index >= 15 is 0 Å². The molecule has 1 aliphatic carbocycles. The number of benzene rings is 2. The second kappa shape index (κ2) is 10.7. The van der Waals surface area contributed by atoms with E-state index in [-0.39, 0.29) is 30.1 Å². The third-order valence-corrected chi connectivity index (χ3v) is 6.97. The Bertz CT molecular complexity index is 1030. The van der Waals surface area contributed by atoms with Crippen LogP contribution in [0.25, 0.3) is 0 Å². The van der Waals surface area contributed by atoms with Gasteiger partial charge >= 0.3 is 6.18 Å². The van der Waals surface area contributed by atoms with Gasteiger partial charge in [-0.15, -0.1) is 0 Å². The minimum Gasteiger partial charge on any atom is -0.497 e. The van der Waals surface area contributed by atoms with Gasteiger partial charge in [0.1, 0.15) is 5.75 Å². The molecule has 1 saturated carbocycles. The van der Waals surface area contributed by atoms with Crippen molar-refractivity contribution >= 4 is 11.8 Å². The molecule has 2 aromatic carbocycles. The molecule has 9 heteroatoms. The summed E-state index contributed by atoms with van der Waals surface area (Å²) in [6.07, 6.45) is -0.902. The molecule has 4 rings (SSSR count). The van der Waals surface area contributed by atoms with Gasteiger partial charge in [0, 0.05) is 24.7 Å². The average Bonchev–Trinajstić information content (AvgIpc) is 2.84. The number of alkyl halides is 3. The summed E-state index contributed by atoms with van der Waals surface area (Å²) < 4.78 is 44.1. The highest BCUT2D eigenvalue weighted by atomic mass is 19.4. The molecule has 2 aliphatic rings. The fourth-order valence-electron chi connectivity index (χ4n) is 4.92. The highest BCUT2D eigenvalue weighted by molar-refractivity contribution is 5.96. The molecular formula is C26H30F3N3O3. The van der Waals surface area contributed by atoms with Crippen molar-refractivity contribution in [2.24, 2.45) is 0 Å². The molecule has 35 heavy (non-hydrogen) atoms. The number of rotatable bonds is 7. The fraction of sp³-hybridized carbons (Fsp3) is 0.462. The summed E-state index contributed by atoms with van der Waals surface area (Å²) in [5.74, 6) is 0.349. The first-order valence-corrected chi connectivity index (χ1v) is 11.9. The highest BCUT2D eigenvalue weighted by Gasteiger charge is 2.36. The van der Waals surface area contributed by atoms with Gasteiger partial charge in [-0.2, -0.15) is 13.2 Å². The van der Waals surface area contributed by atoms with Crippen LogP contribution in [0, 0.1) is 0 Å². The monoisotopic (exact) mass is 489 g/mol. The second-order valence-corrected chi connectivity index (χ2v) is 9.15. The number of hydrogen-bond donors (Lipinski definition) is 2. The Labute approximate surface area is 202 Å². The van der Waals surface area contributed by atoms with Crippen molar-refractivity contribution in [1.29, 1.82) is 0 Å². The standard InChI is InChI=1S/C26H30F3N3O3/c1-35-23-11-7-18(8-12-23)17-5-9-21(10-6-17)32(22-14-30-15-22)24(33)16-31-25(34)19-3-2-4-20(13-19)26(27,28)29/h2-4,7-8,11-13,17,21-22,30H,5-6,9-10,14-16H2,1H3,(H,31,34). The third-order valence-electron chi connectivity index (χ3n) is 6.97. The van der Waals surface area contributed by atoms with Crippen molar-refractivity contribution in [1.82, 2.24) is 15.5 Å². The zero-order valence-electron chi connectivity index (χ0n) is 19.6. The Morgan fingerprint density at radius 1 is 1.03 bits per heavy atom. The Morgan fingerprint density at radius 2 is 1.71 bits per heavy atom. The summed E-state index contributed by atoms with van der Waals surface area (Å²) in [4.78, 5) is 27.5. The summed E-state index contributed by atoms with van der Waals surface area (Å²) >= 11 is 0. The molecule has 1 heterocycles. The molecule has 0 atom stereocenters. The zero-order valence-corrected chi connectivity index (χ0v) is 19.6. The van der Waals surface area contributed by atoms with E-state index in [1.807, 2.05) is 17.0 Å². The van der Waals surface area contributed by atoms with Gasteiger partial charge in [0.2, 0.25) is 5.91 Å². The maximum atomic E-state index is 13.2. The average molecular weight is 490 g/mol. The zero-order chi connectivity index (χ0) is 25.0. The maximum Gasteiger partial charge on any atom is 0.416 e. The van der Waals surface area contributed by atoms with Crippen LogP contribution in [0.3, 0.4) is 0 Å². The fourth-order valence-corrected chi connectivity index (χ4v) is 4.92. The Hall–Kier alpha value is -3.07. The molecule has 2 amide bonds. The lowest BCUT2D eigenvalue weighted by Gasteiger charge is -2.45. The first kappa shape index (κ1) is 25.0. The molecule has 0 aromatic heterocycles. The number of nitrogens with one attached hydrogen (secondary N) is 2. The second-order valence-electron chi connectivity index (χ2n) is 9.15. The summed E-state index contributed by atoms with van der Waals surface area (Å²) in [6.45, 7) is 1.15. The lowest BCUT2D eigenvalue weighted by atomic mass is 9.80. The van der Waals surface area contributed by atoms with Crippen molar-refractivity contribution < 1.29 is 27.5 Å². The van der Waals surface area contributed by atoms with Crippen LogP contribution < -0.4 is 15.4 Å². The molecular weight excluding hydrogens is 459 g/mol. The van der Waals surface area contributed by atoms with Gasteiger partial charge in [-0.25, -0.2) is 0 Å². The van der Waals surface area contributed by atoms with Crippen LogP contribution in [0.1, 0.15) is 53.1 Å². The van der Waals surface area contributed by atoms with E-state index in [2.05, 4.69) is 22.8 Å². The van der Waals surface area contributed by atoms with Gasteiger partial charge in [-0.05, 0) is 67.5 Å². The smallest absolute Gasteiger partial charge is 0.416 e. The number of ether oxygens (including phenoxy) is 1. The molecule has 2 N–H and O–H groups in total. The van der Waals surface area contributed by atoms with Gasteiger partial charge in [0.15, 0.2) is 0 Å². The van der Waals surface area contributed by atoms with Crippen LogP contribution >= 0.6 is 0 Å². The first-order valence-electron chi connectivity index (χ1n) is 11.9. The predicted octanol–water partition coefficient (Wildman–Crippen LogP) is 3.97. The van der Waals surface area contributed by atoms with E-state index in [0.29, 0.717) is 19.0 Å². The third kappa shape index (κ3) is 5.96. The largest absolute Gasteiger partial charge is 0.497 e. The predicted molar refractivity (Wildman–Crippen MR) is 125 cm³/mol. The summed E-state index contributed by atoms with van der Waals surface area (Å²) in [5.41, 5.74) is 0.248. The minimum atomic E-state index is -4.54. The number of carbonyl (C=O) groups is 2. The van der Waals surface area contributed by atoms with E-state index in [1.54, 1.807) is 7.11 Å². The van der Waals surface area contributed by atoms with Crippen LogP contribution in [0.2, 0.25) is 0 Å². The van der Waals surface area contributed by atoms with E-state index < -0.39 is 17.6 Å². The number of amides is 2. The number of carbonyl (C=O) groups excluding carboxylic acids is 2. The van der Waals surface area contributed by atoms with Gasteiger partial charge in [0.05, 0.1) is 25.3 Å². The molecule has 0 unspecified atom stereocenters. The Morgan fingerprint density at radius 3 is 2.29 bits per heavy atom. The highest BCUT2D eigenvalue weighted by Crippen LogP contribution is 2.36. The van der Waals surface area contributed by atoms with Crippen LogP contribution in [0.5, 0.6) is 5.75 Å². The molecule has 2 fully saturated rings. The Balaban J connectivity index is 1.35. The number of hydrogen-bond acceptors (Lipinski definition) is 4. The van der Waals surface area contributed by atoms with Gasteiger partial charge in [-0.1, -0.05) is 18.2 Å². The summed E-state index contributed by atoms with van der Waals surface area (Å²) in [6, 6.07) is 12.5. The summed E-state index contributed by atoms with van der Waals surface area (Å²) in [7, 11) is 1.64. The van der Waals surface area contributed by atoms with Crippen molar-refractivity contribution in [2.75, 3.05) is 26.7 Å². The molecule has 188 valence electrons. The van der Waals surface area contributed by atoms with Crippen LogP contribution in [0.4, 0.5) is 13.2 Å². The van der Waals surface area contributed by atoms with E-state index in [9.17, 15) is 22.8 Å². The summed E-state index contributed by atoms with van der Waals surface area (Å²) in [5, 5.41) is 5.71. The van der Waals surface area contributed by atoms with E-state index in [1.165, 1.54) is 17.7 Å². The van der Waals surface area contributed by atoms with Crippen LogP contribution in [0.15, 0.2) is 48.5 Å². The number of halogens is 3. The molecule has 0 radical (unpaired) electrons. The van der Waals surface area contributed by atoms with Crippen LogP contribution in [-0.4, -0.2) is 55.5 Å². The topological polar surface area (TPSA) is 70.7 Å². The molecule has 6 nitrogen and oxygen atoms in total. The first-order chi connectivity index (χ1) is 16.8. The van der Waals surface area contributed by atoms with Crippen LogP contribution in [-0.2, 0) is 11.0 Å². The van der Waals surface area contributed by atoms with E-state index in [4.69, 9.17) is 4.74 Å². The van der Waals surface area contributed by atoms with E-state index in [0.717, 1.165) is 43.6 Å². The molecule has 1 saturated heterocycles. The molecule has 0 spiro atoms.